The van der Waals surface area contributed by atoms with Gasteiger partial charge in [0.05, 0.1) is 6.54 Å². The van der Waals surface area contributed by atoms with Gasteiger partial charge in [-0.3, -0.25) is 15.1 Å². The van der Waals surface area contributed by atoms with Gasteiger partial charge in [0.15, 0.2) is 5.17 Å². The number of aliphatic imine (C=N–C) groups is 1. The van der Waals surface area contributed by atoms with E-state index in [1.807, 2.05) is 4.90 Å². The van der Waals surface area contributed by atoms with Gasteiger partial charge in [0.1, 0.15) is 4.71 Å². The summed E-state index contributed by atoms with van der Waals surface area (Å²) in [7, 11) is 0. The van der Waals surface area contributed by atoms with E-state index in [2.05, 4.69) is 15.2 Å². The molecular formula is C23H37ClN4O2S. The van der Waals surface area contributed by atoms with Crippen LogP contribution in [0.2, 0.25) is 0 Å². The van der Waals surface area contributed by atoms with E-state index in [0.29, 0.717) is 30.1 Å². The molecule has 0 aromatic heterocycles. The van der Waals surface area contributed by atoms with Crippen LogP contribution in [-0.2, 0) is 4.79 Å². The Morgan fingerprint density at radius 2 is 1.65 bits per heavy atom. The number of thioether (sulfide) groups is 1. The maximum atomic E-state index is 13.3. The Hall–Kier alpha value is -0.950. The molecule has 0 bridgehead atoms. The number of rotatable bonds is 5. The zero-order valence-corrected chi connectivity index (χ0v) is 20.1. The van der Waals surface area contributed by atoms with Gasteiger partial charge < -0.3 is 9.80 Å². The summed E-state index contributed by atoms with van der Waals surface area (Å²) in [5.41, 5.74) is 0. The lowest BCUT2D eigenvalue weighted by Crippen LogP contribution is -2.56. The Labute approximate surface area is 195 Å². The number of halogens is 1. The quantitative estimate of drug-likeness (QED) is 0.580. The van der Waals surface area contributed by atoms with Crippen LogP contribution in [0, 0.1) is 5.92 Å². The number of urea groups is 1. The highest BCUT2D eigenvalue weighted by Crippen LogP contribution is 2.31. The summed E-state index contributed by atoms with van der Waals surface area (Å²) < 4.78 is -0.0862. The number of amides is 3. The molecule has 4 rings (SSSR count). The number of likely N-dealkylation sites (tertiary alicyclic amines) is 1. The van der Waals surface area contributed by atoms with Gasteiger partial charge in [0, 0.05) is 31.6 Å². The Kier molecular flexibility index (Phi) is 8.43. The van der Waals surface area contributed by atoms with Crippen LogP contribution in [0.15, 0.2) is 4.99 Å². The van der Waals surface area contributed by atoms with E-state index >= 15 is 0 Å². The summed E-state index contributed by atoms with van der Waals surface area (Å²) in [5.74, 6) is 1.07. The average Bonchev–Trinajstić information content (AvgIpc) is 3.45. The van der Waals surface area contributed by atoms with E-state index in [0.717, 1.165) is 51.1 Å². The van der Waals surface area contributed by atoms with Crippen molar-refractivity contribution in [3.05, 3.63) is 0 Å². The molecule has 1 N–H and O–H groups in total. The fourth-order valence-electron chi connectivity index (χ4n) is 5.74. The number of nitrogens with zero attached hydrogens (tertiary/aromatic N) is 3. The normalized spacial score (nSPS) is 26.2. The molecule has 2 heterocycles. The highest BCUT2D eigenvalue weighted by atomic mass is 35.5. The lowest BCUT2D eigenvalue weighted by Gasteiger charge is -2.43. The van der Waals surface area contributed by atoms with Gasteiger partial charge in [-0.1, -0.05) is 56.7 Å². The van der Waals surface area contributed by atoms with E-state index in [1.165, 1.54) is 56.7 Å². The summed E-state index contributed by atoms with van der Waals surface area (Å²) >= 11 is 7.55. The molecule has 0 radical (unpaired) electrons. The molecule has 4 aliphatic rings. The van der Waals surface area contributed by atoms with E-state index in [1.54, 1.807) is 0 Å². The second kappa shape index (κ2) is 11.3. The summed E-state index contributed by atoms with van der Waals surface area (Å²) in [5, 5.41) is 3.67. The Morgan fingerprint density at radius 3 is 2.29 bits per heavy atom. The number of piperidine rings is 1. The van der Waals surface area contributed by atoms with Crippen molar-refractivity contribution >= 4 is 40.5 Å². The molecule has 1 unspecified atom stereocenters. The summed E-state index contributed by atoms with van der Waals surface area (Å²) in [6, 6.07) is 0.456. The van der Waals surface area contributed by atoms with Gasteiger partial charge >= 0.3 is 6.03 Å². The van der Waals surface area contributed by atoms with Gasteiger partial charge in [-0.2, -0.15) is 0 Å². The third-order valence-corrected chi connectivity index (χ3v) is 8.75. The van der Waals surface area contributed by atoms with E-state index in [9.17, 15) is 9.59 Å². The third kappa shape index (κ3) is 6.31. The first-order chi connectivity index (χ1) is 15.1. The first-order valence-corrected chi connectivity index (χ1v) is 13.6. The second-order valence-corrected chi connectivity index (χ2v) is 11.6. The number of alkyl halides is 1. The van der Waals surface area contributed by atoms with Crippen LogP contribution in [0.5, 0.6) is 0 Å². The molecular weight excluding hydrogens is 432 g/mol. The van der Waals surface area contributed by atoms with Gasteiger partial charge in [-0.25, -0.2) is 4.79 Å². The van der Waals surface area contributed by atoms with Gasteiger partial charge in [0.25, 0.3) is 0 Å². The molecule has 6 nitrogen and oxygen atoms in total. The van der Waals surface area contributed by atoms with Crippen LogP contribution in [0.1, 0.15) is 83.5 Å². The Bertz CT molecular complexity index is 656. The molecule has 1 saturated heterocycles. The SMILES string of the molecule is O=C(CCC1CCCC1)N1CCC(N(C(=O)NC2=NCC(Cl)S2)C2CCCCC2)CC1. The van der Waals surface area contributed by atoms with Crippen molar-refractivity contribution in [3.8, 4) is 0 Å². The smallest absolute Gasteiger partial charge is 0.323 e. The highest BCUT2D eigenvalue weighted by Gasteiger charge is 2.35. The third-order valence-electron chi connectivity index (χ3n) is 7.49. The van der Waals surface area contributed by atoms with Crippen molar-refractivity contribution in [2.45, 2.75) is 100 Å². The zero-order valence-electron chi connectivity index (χ0n) is 18.6. The van der Waals surface area contributed by atoms with Crippen LogP contribution >= 0.6 is 23.4 Å². The van der Waals surface area contributed by atoms with Gasteiger partial charge in [0.2, 0.25) is 5.91 Å². The molecule has 2 aliphatic heterocycles. The minimum atomic E-state index is -0.0862. The van der Waals surface area contributed by atoms with Gasteiger partial charge in [-0.05, 0) is 38.0 Å². The maximum Gasteiger partial charge on any atom is 0.323 e. The van der Waals surface area contributed by atoms with E-state index in [-0.39, 0.29) is 16.8 Å². The Morgan fingerprint density at radius 1 is 1.00 bits per heavy atom. The van der Waals surface area contributed by atoms with Crippen molar-refractivity contribution in [2.75, 3.05) is 19.6 Å². The fourth-order valence-corrected chi connectivity index (χ4v) is 6.75. The average molecular weight is 469 g/mol. The molecule has 8 heteroatoms. The minimum Gasteiger partial charge on any atom is -0.343 e. The van der Waals surface area contributed by atoms with Crippen LogP contribution in [0.25, 0.3) is 0 Å². The highest BCUT2D eigenvalue weighted by molar-refractivity contribution is 8.15. The largest absolute Gasteiger partial charge is 0.343 e. The van der Waals surface area contributed by atoms with Crippen LogP contribution < -0.4 is 5.32 Å². The number of hydrogen-bond donors (Lipinski definition) is 1. The molecule has 0 aromatic carbocycles. The fraction of sp³-hybridized carbons (Fsp3) is 0.870. The predicted molar refractivity (Wildman–Crippen MR) is 128 cm³/mol. The number of amidine groups is 1. The lowest BCUT2D eigenvalue weighted by atomic mass is 9.91. The minimum absolute atomic E-state index is 0.0325. The first kappa shape index (κ1) is 23.2. The zero-order chi connectivity index (χ0) is 21.6. The summed E-state index contributed by atoms with van der Waals surface area (Å²) in [4.78, 5) is 34.5. The van der Waals surface area contributed by atoms with Crippen LogP contribution in [-0.4, -0.2) is 63.3 Å². The predicted octanol–water partition coefficient (Wildman–Crippen LogP) is 4.96. The van der Waals surface area contributed by atoms with E-state index in [4.69, 9.17) is 11.6 Å². The van der Waals surface area contributed by atoms with Crippen molar-refractivity contribution < 1.29 is 9.59 Å². The molecule has 0 aromatic rings. The van der Waals surface area contributed by atoms with Crippen LogP contribution in [0.3, 0.4) is 0 Å². The Balaban J connectivity index is 1.31. The number of nitrogens with one attached hydrogen (secondary N) is 1. The number of carbonyl (C=O) groups is 2. The van der Waals surface area contributed by atoms with E-state index < -0.39 is 0 Å². The topological polar surface area (TPSA) is 65.0 Å². The molecule has 2 saturated carbocycles. The summed E-state index contributed by atoms with van der Waals surface area (Å²) in [6.07, 6.45) is 14.5. The lowest BCUT2D eigenvalue weighted by molar-refractivity contribution is -0.133. The first-order valence-electron chi connectivity index (χ1n) is 12.3. The maximum absolute atomic E-state index is 13.3. The summed E-state index contributed by atoms with van der Waals surface area (Å²) in [6.45, 7) is 2.08. The molecule has 2 aliphatic carbocycles. The van der Waals surface area contributed by atoms with Crippen molar-refractivity contribution in [1.29, 1.82) is 0 Å². The van der Waals surface area contributed by atoms with Crippen LogP contribution in [0.4, 0.5) is 4.79 Å². The van der Waals surface area contributed by atoms with Crippen molar-refractivity contribution in [2.24, 2.45) is 10.9 Å². The molecule has 1 atom stereocenters. The molecule has 31 heavy (non-hydrogen) atoms. The molecule has 174 valence electrons. The second-order valence-electron chi connectivity index (χ2n) is 9.60. The monoisotopic (exact) mass is 468 g/mol. The number of hydrogen-bond acceptors (Lipinski definition) is 4. The standard InChI is InChI=1S/C23H37ClN4O2S/c24-20-16-25-22(31-20)26-23(30)28(18-8-2-1-3-9-18)19-12-14-27(15-13-19)21(29)11-10-17-6-4-5-7-17/h17-20H,1-16H2,(H,25,26,30). The van der Waals surface area contributed by atoms with Crippen molar-refractivity contribution in [1.82, 2.24) is 15.1 Å². The molecule has 3 fully saturated rings. The molecule has 0 spiro atoms. The van der Waals surface area contributed by atoms with Crippen molar-refractivity contribution in [3.63, 3.8) is 0 Å². The number of carbonyl (C=O) groups excluding carboxylic acids is 2. The molecule has 3 amide bonds. The van der Waals surface area contributed by atoms with Gasteiger partial charge in [-0.15, -0.1) is 11.6 Å².